The Bertz CT molecular complexity index is 585. The molecular formula is C12H12F3N3. The number of nitrogens with two attached hydrogens (primary N) is 1. The highest BCUT2D eigenvalue weighted by molar-refractivity contribution is 5.67. The lowest BCUT2D eigenvalue weighted by molar-refractivity contribution is -0.144. The van der Waals surface area contributed by atoms with E-state index >= 15 is 0 Å². The zero-order valence-electron chi connectivity index (χ0n) is 9.89. The van der Waals surface area contributed by atoms with E-state index in [9.17, 15) is 13.2 Å². The molecule has 0 radical (unpaired) electrons. The fraction of sp³-hybridized carbons (Fsp3) is 0.250. The number of nitrogens with one attached hydrogen (secondary N) is 1. The molecule has 1 aromatic carbocycles. The number of H-pyrrole nitrogens is 1. The van der Waals surface area contributed by atoms with Gasteiger partial charge in [-0.15, -0.1) is 0 Å². The van der Waals surface area contributed by atoms with Crippen LogP contribution in [0.4, 0.5) is 18.9 Å². The van der Waals surface area contributed by atoms with E-state index in [1.807, 2.05) is 6.92 Å². The molecule has 0 bridgehead atoms. The van der Waals surface area contributed by atoms with Gasteiger partial charge in [-0.1, -0.05) is 12.1 Å². The Balaban J connectivity index is 2.51. The Kier molecular flexibility index (Phi) is 2.80. The molecular weight excluding hydrogens is 243 g/mol. The number of nitrogen functional groups attached to an aromatic ring is 1. The number of imidazole rings is 1. The quantitative estimate of drug-likeness (QED) is 0.768. The SMILES string of the molecule is Cc1ccc(-c2nc(C(F)(F)F)[nH]c2C)cc1N. The number of aryl methyl sites for hydroxylation is 2. The van der Waals surface area contributed by atoms with Crippen LogP contribution >= 0.6 is 0 Å². The van der Waals surface area contributed by atoms with E-state index in [0.717, 1.165) is 5.56 Å². The Hall–Kier alpha value is -1.98. The number of hydrogen-bond acceptors (Lipinski definition) is 2. The maximum absolute atomic E-state index is 12.5. The van der Waals surface area contributed by atoms with E-state index in [-0.39, 0.29) is 5.69 Å². The zero-order chi connectivity index (χ0) is 13.5. The van der Waals surface area contributed by atoms with E-state index in [1.165, 1.54) is 0 Å². The minimum atomic E-state index is -4.47. The molecule has 6 heteroatoms. The monoisotopic (exact) mass is 255 g/mol. The van der Waals surface area contributed by atoms with Gasteiger partial charge in [-0.3, -0.25) is 0 Å². The van der Waals surface area contributed by atoms with Crippen molar-refractivity contribution in [3.8, 4) is 11.3 Å². The third-order valence-electron chi connectivity index (χ3n) is 2.71. The molecule has 2 aromatic rings. The van der Waals surface area contributed by atoms with Crippen molar-refractivity contribution in [2.75, 3.05) is 5.73 Å². The van der Waals surface area contributed by atoms with E-state index < -0.39 is 12.0 Å². The number of aromatic nitrogens is 2. The van der Waals surface area contributed by atoms with E-state index in [4.69, 9.17) is 5.73 Å². The van der Waals surface area contributed by atoms with Crippen molar-refractivity contribution >= 4 is 5.69 Å². The van der Waals surface area contributed by atoms with Crippen LogP contribution in [-0.4, -0.2) is 9.97 Å². The molecule has 18 heavy (non-hydrogen) atoms. The molecule has 0 amide bonds. The Morgan fingerprint density at radius 2 is 1.89 bits per heavy atom. The van der Waals surface area contributed by atoms with Gasteiger partial charge in [-0.2, -0.15) is 13.2 Å². The summed E-state index contributed by atoms with van der Waals surface area (Å²) in [5, 5.41) is 0. The average Bonchev–Trinajstić information content (AvgIpc) is 2.64. The van der Waals surface area contributed by atoms with Gasteiger partial charge in [-0.05, 0) is 25.5 Å². The van der Waals surface area contributed by atoms with Crippen LogP contribution in [0.15, 0.2) is 18.2 Å². The van der Waals surface area contributed by atoms with E-state index in [1.54, 1.807) is 25.1 Å². The third kappa shape index (κ3) is 2.18. The van der Waals surface area contributed by atoms with Crippen molar-refractivity contribution in [2.45, 2.75) is 20.0 Å². The lowest BCUT2D eigenvalue weighted by Gasteiger charge is -2.03. The first kappa shape index (κ1) is 12.5. The number of alkyl halides is 3. The fourth-order valence-corrected chi connectivity index (χ4v) is 1.66. The molecule has 0 atom stereocenters. The topological polar surface area (TPSA) is 54.7 Å². The number of nitrogens with zero attached hydrogens (tertiary/aromatic N) is 1. The Labute approximate surface area is 102 Å². The first-order valence-corrected chi connectivity index (χ1v) is 5.29. The standard InChI is InChI=1S/C12H12F3N3/c1-6-3-4-8(5-9(6)16)10-7(2)17-11(18-10)12(13,14)15/h3-5H,16H2,1-2H3,(H,17,18). The van der Waals surface area contributed by atoms with Gasteiger partial charge in [0.05, 0.1) is 5.69 Å². The van der Waals surface area contributed by atoms with Crippen molar-refractivity contribution < 1.29 is 13.2 Å². The summed E-state index contributed by atoms with van der Waals surface area (Å²) < 4.78 is 37.6. The molecule has 0 unspecified atom stereocenters. The molecule has 0 aliphatic carbocycles. The van der Waals surface area contributed by atoms with Crippen LogP contribution < -0.4 is 5.73 Å². The summed E-state index contributed by atoms with van der Waals surface area (Å²) in [5.41, 5.74) is 8.36. The average molecular weight is 255 g/mol. The van der Waals surface area contributed by atoms with Crippen molar-refractivity contribution in [3.05, 3.63) is 35.3 Å². The van der Waals surface area contributed by atoms with Crippen LogP contribution in [-0.2, 0) is 6.18 Å². The summed E-state index contributed by atoms with van der Waals surface area (Å²) in [6, 6.07) is 5.08. The number of anilines is 1. The van der Waals surface area contributed by atoms with Crippen LogP contribution in [0, 0.1) is 13.8 Å². The van der Waals surface area contributed by atoms with Crippen molar-refractivity contribution in [1.29, 1.82) is 0 Å². The second-order valence-corrected chi connectivity index (χ2v) is 4.13. The summed E-state index contributed by atoms with van der Waals surface area (Å²) in [7, 11) is 0. The van der Waals surface area contributed by atoms with Gasteiger partial charge in [0, 0.05) is 16.9 Å². The lowest BCUT2D eigenvalue weighted by Crippen LogP contribution is -2.07. The maximum Gasteiger partial charge on any atom is 0.449 e. The molecule has 0 saturated carbocycles. The number of halogens is 3. The predicted octanol–water partition coefficient (Wildman–Crippen LogP) is 3.29. The van der Waals surface area contributed by atoms with Gasteiger partial charge in [0.15, 0.2) is 0 Å². The third-order valence-corrected chi connectivity index (χ3v) is 2.71. The highest BCUT2D eigenvalue weighted by Gasteiger charge is 2.35. The van der Waals surface area contributed by atoms with Crippen LogP contribution in [0.1, 0.15) is 17.1 Å². The molecule has 1 heterocycles. The minimum absolute atomic E-state index is 0.272. The van der Waals surface area contributed by atoms with Crippen molar-refractivity contribution in [1.82, 2.24) is 9.97 Å². The smallest absolute Gasteiger partial charge is 0.398 e. The Morgan fingerprint density at radius 1 is 1.22 bits per heavy atom. The second kappa shape index (κ2) is 4.04. The highest BCUT2D eigenvalue weighted by atomic mass is 19.4. The molecule has 0 aliphatic heterocycles. The van der Waals surface area contributed by atoms with Crippen LogP contribution in [0.5, 0.6) is 0 Å². The van der Waals surface area contributed by atoms with Gasteiger partial charge in [0.25, 0.3) is 0 Å². The molecule has 3 nitrogen and oxygen atoms in total. The fourth-order valence-electron chi connectivity index (χ4n) is 1.66. The second-order valence-electron chi connectivity index (χ2n) is 4.13. The first-order valence-electron chi connectivity index (χ1n) is 5.29. The number of hydrogen-bond donors (Lipinski definition) is 2. The molecule has 3 N–H and O–H groups in total. The molecule has 0 aliphatic rings. The van der Waals surface area contributed by atoms with E-state index in [2.05, 4.69) is 9.97 Å². The maximum atomic E-state index is 12.5. The lowest BCUT2D eigenvalue weighted by atomic mass is 10.1. The molecule has 1 aromatic heterocycles. The number of rotatable bonds is 1. The van der Waals surface area contributed by atoms with Gasteiger partial charge >= 0.3 is 6.18 Å². The minimum Gasteiger partial charge on any atom is -0.398 e. The van der Waals surface area contributed by atoms with Gasteiger partial charge in [0.2, 0.25) is 5.82 Å². The zero-order valence-corrected chi connectivity index (χ0v) is 9.89. The largest absolute Gasteiger partial charge is 0.449 e. The van der Waals surface area contributed by atoms with Crippen LogP contribution in [0.2, 0.25) is 0 Å². The summed E-state index contributed by atoms with van der Waals surface area (Å²) >= 11 is 0. The summed E-state index contributed by atoms with van der Waals surface area (Å²) in [6.07, 6.45) is -4.47. The summed E-state index contributed by atoms with van der Waals surface area (Å²) in [5.74, 6) is -0.992. The Morgan fingerprint density at radius 3 is 2.39 bits per heavy atom. The summed E-state index contributed by atoms with van der Waals surface area (Å²) in [6.45, 7) is 3.38. The molecule has 0 spiro atoms. The van der Waals surface area contributed by atoms with Crippen LogP contribution in [0.25, 0.3) is 11.3 Å². The van der Waals surface area contributed by atoms with Crippen molar-refractivity contribution in [3.63, 3.8) is 0 Å². The first-order chi connectivity index (χ1) is 8.29. The molecule has 96 valence electrons. The van der Waals surface area contributed by atoms with Gasteiger partial charge in [0.1, 0.15) is 0 Å². The highest BCUT2D eigenvalue weighted by Crippen LogP contribution is 2.31. The van der Waals surface area contributed by atoms with Gasteiger partial charge < -0.3 is 10.7 Å². The van der Waals surface area contributed by atoms with Crippen LogP contribution in [0.3, 0.4) is 0 Å². The molecule has 0 fully saturated rings. The predicted molar refractivity (Wildman–Crippen MR) is 62.9 cm³/mol. The number of aromatic amines is 1. The summed E-state index contributed by atoms with van der Waals surface area (Å²) in [4.78, 5) is 5.83. The van der Waals surface area contributed by atoms with E-state index in [0.29, 0.717) is 16.9 Å². The molecule has 0 saturated heterocycles. The van der Waals surface area contributed by atoms with Crippen molar-refractivity contribution in [2.24, 2.45) is 0 Å². The number of benzene rings is 1. The normalized spacial score (nSPS) is 11.8. The van der Waals surface area contributed by atoms with Gasteiger partial charge in [-0.25, -0.2) is 4.98 Å². The molecule has 2 rings (SSSR count).